The summed E-state index contributed by atoms with van der Waals surface area (Å²) in [4.78, 5) is 12.2. The summed E-state index contributed by atoms with van der Waals surface area (Å²) in [6.07, 6.45) is 7.10. The van der Waals surface area contributed by atoms with Crippen molar-refractivity contribution >= 4 is 23.4 Å². The number of nitrogen functional groups attached to an aromatic ring is 1. The topological polar surface area (TPSA) is 55.1 Å². The van der Waals surface area contributed by atoms with Crippen LogP contribution in [0.15, 0.2) is 18.2 Å². The van der Waals surface area contributed by atoms with Crippen LogP contribution in [0.3, 0.4) is 0 Å². The predicted octanol–water partition coefficient (Wildman–Crippen LogP) is 2.98. The Balaban J connectivity index is 1.99. The summed E-state index contributed by atoms with van der Waals surface area (Å²) in [5.74, 6) is 0.00317. The van der Waals surface area contributed by atoms with E-state index in [1.54, 1.807) is 12.1 Å². The Morgan fingerprint density at radius 3 is 2.68 bits per heavy atom. The van der Waals surface area contributed by atoms with Crippen molar-refractivity contribution in [3.63, 3.8) is 0 Å². The van der Waals surface area contributed by atoms with Crippen LogP contribution in [-0.4, -0.2) is 23.5 Å². The van der Waals surface area contributed by atoms with Gasteiger partial charge in [0.1, 0.15) is 0 Å². The van der Waals surface area contributed by atoms with Crippen molar-refractivity contribution < 1.29 is 4.79 Å². The minimum absolute atomic E-state index is 0.00317. The lowest BCUT2D eigenvalue weighted by Gasteiger charge is -2.26. The average Bonchev–Trinajstić information content (AvgIpc) is 2.89. The largest absolute Gasteiger partial charge is 0.399 e. The van der Waals surface area contributed by atoms with Crippen LogP contribution in [0.5, 0.6) is 0 Å². The fourth-order valence-electron chi connectivity index (χ4n) is 2.63. The summed E-state index contributed by atoms with van der Waals surface area (Å²) in [5.41, 5.74) is 8.15. The normalized spacial score (nSPS) is 17.4. The maximum atomic E-state index is 12.2. The van der Waals surface area contributed by atoms with Crippen LogP contribution in [0.1, 0.15) is 41.6 Å². The third-order valence-electron chi connectivity index (χ3n) is 4.05. The second-order valence-corrected chi connectivity index (χ2v) is 6.62. The summed E-state index contributed by atoms with van der Waals surface area (Å²) >= 11 is 1.89. The minimum atomic E-state index is 0.00317. The highest BCUT2D eigenvalue weighted by Crippen LogP contribution is 2.39. The van der Waals surface area contributed by atoms with E-state index in [-0.39, 0.29) is 10.7 Å². The summed E-state index contributed by atoms with van der Waals surface area (Å²) in [5, 5.41) is 3.08. The summed E-state index contributed by atoms with van der Waals surface area (Å²) in [7, 11) is 0. The van der Waals surface area contributed by atoms with Gasteiger partial charge in [0.15, 0.2) is 0 Å². The van der Waals surface area contributed by atoms with Crippen molar-refractivity contribution in [2.24, 2.45) is 0 Å². The average molecular weight is 278 g/mol. The molecule has 1 aliphatic carbocycles. The lowest BCUT2D eigenvalue weighted by Crippen LogP contribution is -2.38. The predicted molar refractivity (Wildman–Crippen MR) is 82.6 cm³/mol. The van der Waals surface area contributed by atoms with Gasteiger partial charge in [-0.05, 0) is 49.8 Å². The van der Waals surface area contributed by atoms with Gasteiger partial charge in [0, 0.05) is 22.5 Å². The van der Waals surface area contributed by atoms with E-state index in [9.17, 15) is 4.79 Å². The molecule has 104 valence electrons. The lowest BCUT2D eigenvalue weighted by molar-refractivity contribution is 0.0949. The van der Waals surface area contributed by atoms with E-state index >= 15 is 0 Å². The van der Waals surface area contributed by atoms with Crippen LogP contribution >= 0.6 is 11.8 Å². The van der Waals surface area contributed by atoms with Gasteiger partial charge in [-0.15, -0.1) is 0 Å². The molecule has 0 bridgehead atoms. The summed E-state index contributed by atoms with van der Waals surface area (Å²) in [6, 6.07) is 5.44. The Hall–Kier alpha value is -1.16. The molecule has 19 heavy (non-hydrogen) atoms. The smallest absolute Gasteiger partial charge is 0.251 e. The van der Waals surface area contributed by atoms with Gasteiger partial charge >= 0.3 is 0 Å². The minimum Gasteiger partial charge on any atom is -0.399 e. The van der Waals surface area contributed by atoms with Crippen LogP contribution < -0.4 is 11.1 Å². The Bertz CT molecular complexity index is 467. The Kier molecular flexibility index (Phi) is 4.40. The molecule has 0 aromatic heterocycles. The standard InChI is InChI=1S/C15H22N2OS/c1-11-9-12(5-6-13(11)16)14(18)17-10-15(19-2)7-3-4-8-15/h5-6,9H,3-4,7-8,10,16H2,1-2H3,(H,17,18). The van der Waals surface area contributed by atoms with Crippen molar-refractivity contribution in [1.82, 2.24) is 5.32 Å². The first-order valence-electron chi connectivity index (χ1n) is 6.76. The molecule has 1 amide bonds. The van der Waals surface area contributed by atoms with Crippen LogP contribution in [0.25, 0.3) is 0 Å². The molecule has 3 nitrogen and oxygen atoms in total. The molecule has 0 radical (unpaired) electrons. The Morgan fingerprint density at radius 2 is 2.11 bits per heavy atom. The molecule has 0 saturated heterocycles. The monoisotopic (exact) mass is 278 g/mol. The molecule has 1 aromatic carbocycles. The number of anilines is 1. The van der Waals surface area contributed by atoms with Gasteiger partial charge in [-0.2, -0.15) is 11.8 Å². The van der Waals surface area contributed by atoms with Crippen LogP contribution in [0, 0.1) is 6.92 Å². The molecule has 0 atom stereocenters. The molecule has 1 saturated carbocycles. The van der Waals surface area contributed by atoms with Gasteiger partial charge in [-0.3, -0.25) is 4.79 Å². The molecule has 0 unspecified atom stereocenters. The maximum absolute atomic E-state index is 12.2. The molecule has 3 N–H and O–H groups in total. The number of thioether (sulfide) groups is 1. The maximum Gasteiger partial charge on any atom is 0.251 e. The van der Waals surface area contributed by atoms with Gasteiger partial charge < -0.3 is 11.1 Å². The molecule has 4 heteroatoms. The van der Waals surface area contributed by atoms with Gasteiger partial charge in [-0.1, -0.05) is 12.8 Å². The number of amides is 1. The third-order valence-corrected chi connectivity index (χ3v) is 5.47. The van der Waals surface area contributed by atoms with Crippen molar-refractivity contribution in [2.75, 3.05) is 18.5 Å². The van der Waals surface area contributed by atoms with E-state index in [2.05, 4.69) is 11.6 Å². The number of hydrogen-bond donors (Lipinski definition) is 2. The van der Waals surface area contributed by atoms with Gasteiger partial charge in [0.2, 0.25) is 0 Å². The summed E-state index contributed by atoms with van der Waals surface area (Å²) in [6.45, 7) is 2.68. The first kappa shape index (κ1) is 14.3. The lowest BCUT2D eigenvalue weighted by atomic mass is 10.1. The number of carbonyl (C=O) groups is 1. The Morgan fingerprint density at radius 1 is 1.42 bits per heavy atom. The molecule has 0 spiro atoms. The molecule has 1 aromatic rings. The zero-order valence-corrected chi connectivity index (χ0v) is 12.5. The quantitative estimate of drug-likeness (QED) is 0.833. The SMILES string of the molecule is CSC1(CNC(=O)c2ccc(N)c(C)c2)CCCC1. The molecule has 2 rings (SSSR count). The zero-order valence-electron chi connectivity index (χ0n) is 11.7. The number of nitrogens with two attached hydrogens (primary N) is 1. The van der Waals surface area contributed by atoms with E-state index in [0.717, 1.165) is 17.8 Å². The van der Waals surface area contributed by atoms with Crippen LogP contribution in [0.2, 0.25) is 0 Å². The highest BCUT2D eigenvalue weighted by atomic mass is 32.2. The second-order valence-electron chi connectivity index (χ2n) is 5.35. The number of rotatable bonds is 4. The fourth-order valence-corrected chi connectivity index (χ4v) is 3.55. The van der Waals surface area contributed by atoms with Crippen LogP contribution in [-0.2, 0) is 0 Å². The molecule has 0 aliphatic heterocycles. The van der Waals surface area contributed by atoms with Crippen molar-refractivity contribution in [1.29, 1.82) is 0 Å². The molecule has 1 fully saturated rings. The number of nitrogens with one attached hydrogen (secondary N) is 1. The first-order chi connectivity index (χ1) is 9.06. The van der Waals surface area contributed by atoms with Gasteiger partial charge in [0.05, 0.1) is 0 Å². The van der Waals surface area contributed by atoms with E-state index in [4.69, 9.17) is 5.73 Å². The highest BCUT2D eigenvalue weighted by molar-refractivity contribution is 8.00. The van der Waals surface area contributed by atoms with E-state index < -0.39 is 0 Å². The molecular weight excluding hydrogens is 256 g/mol. The number of hydrogen-bond acceptors (Lipinski definition) is 3. The van der Waals surface area contributed by atoms with Crippen molar-refractivity contribution in [3.8, 4) is 0 Å². The molecule has 0 heterocycles. The van der Waals surface area contributed by atoms with Crippen LogP contribution in [0.4, 0.5) is 5.69 Å². The van der Waals surface area contributed by atoms with Gasteiger partial charge in [-0.25, -0.2) is 0 Å². The van der Waals surface area contributed by atoms with E-state index in [0.29, 0.717) is 5.56 Å². The summed E-state index contributed by atoms with van der Waals surface area (Å²) < 4.78 is 0.249. The van der Waals surface area contributed by atoms with Crippen molar-refractivity contribution in [2.45, 2.75) is 37.4 Å². The third kappa shape index (κ3) is 3.24. The fraction of sp³-hybridized carbons (Fsp3) is 0.533. The van der Waals surface area contributed by atoms with Crippen molar-refractivity contribution in [3.05, 3.63) is 29.3 Å². The zero-order chi connectivity index (χ0) is 13.9. The first-order valence-corrected chi connectivity index (χ1v) is 7.98. The van der Waals surface area contributed by atoms with Gasteiger partial charge in [0.25, 0.3) is 5.91 Å². The van der Waals surface area contributed by atoms with E-state index in [1.807, 2.05) is 24.8 Å². The number of carbonyl (C=O) groups excluding carboxylic acids is 1. The second kappa shape index (κ2) is 5.87. The number of benzene rings is 1. The Labute approximate surface area is 119 Å². The number of aryl methyl sites for hydroxylation is 1. The molecule has 1 aliphatic rings. The highest BCUT2D eigenvalue weighted by Gasteiger charge is 2.33. The van der Waals surface area contributed by atoms with E-state index in [1.165, 1.54) is 25.7 Å². The molecular formula is C15H22N2OS.